The maximum atomic E-state index is 5.48. The fourth-order valence-corrected chi connectivity index (χ4v) is 3.11. The van der Waals surface area contributed by atoms with Crippen LogP contribution in [0.25, 0.3) is 6.08 Å². The summed E-state index contributed by atoms with van der Waals surface area (Å²) < 4.78 is 11.0. The lowest BCUT2D eigenvalue weighted by Gasteiger charge is -2.24. The summed E-state index contributed by atoms with van der Waals surface area (Å²) in [6.07, 6.45) is 1.83. The van der Waals surface area contributed by atoms with Gasteiger partial charge in [-0.3, -0.25) is 0 Å². The molecule has 0 atom stereocenters. The van der Waals surface area contributed by atoms with Gasteiger partial charge in [0.2, 0.25) is 0 Å². The summed E-state index contributed by atoms with van der Waals surface area (Å²) >= 11 is 0. The van der Waals surface area contributed by atoms with E-state index >= 15 is 0 Å². The molecule has 2 nitrogen and oxygen atoms in total. The van der Waals surface area contributed by atoms with Crippen molar-refractivity contribution in [3.8, 4) is 0 Å². The first-order chi connectivity index (χ1) is 6.68. The van der Waals surface area contributed by atoms with Crippen molar-refractivity contribution in [1.82, 2.24) is 0 Å². The molecule has 76 valence electrons. The standard InChI is InChI=1S/C11H16O2Si/c1-5-10-8-6-7-9-11(10)14(4,12-2)13-3/h5-9H,1H2,2-4H3. The van der Waals surface area contributed by atoms with Gasteiger partial charge in [0.05, 0.1) is 0 Å². The molecule has 0 N–H and O–H groups in total. The third-order valence-electron chi connectivity index (χ3n) is 2.45. The van der Waals surface area contributed by atoms with Gasteiger partial charge in [0.1, 0.15) is 0 Å². The SMILES string of the molecule is C=Cc1ccccc1[Si](C)(OC)OC. The average Bonchev–Trinajstić information content (AvgIpc) is 2.28. The molecular weight excluding hydrogens is 192 g/mol. The highest BCUT2D eigenvalue weighted by Crippen LogP contribution is 2.09. The van der Waals surface area contributed by atoms with E-state index in [1.54, 1.807) is 14.2 Å². The molecule has 0 aliphatic carbocycles. The zero-order valence-electron chi connectivity index (χ0n) is 8.91. The third kappa shape index (κ3) is 1.95. The number of hydrogen-bond donors (Lipinski definition) is 0. The molecule has 14 heavy (non-hydrogen) atoms. The molecule has 0 fully saturated rings. The molecule has 0 heterocycles. The van der Waals surface area contributed by atoms with Crippen LogP contribution in [0.5, 0.6) is 0 Å². The second kappa shape index (κ2) is 4.55. The first-order valence-corrected chi connectivity index (χ1v) is 6.82. The van der Waals surface area contributed by atoms with Gasteiger partial charge in [-0.2, -0.15) is 0 Å². The Kier molecular flexibility index (Phi) is 3.63. The third-order valence-corrected chi connectivity index (χ3v) is 5.44. The minimum absolute atomic E-state index is 1.09. The van der Waals surface area contributed by atoms with Gasteiger partial charge in [0, 0.05) is 19.4 Å². The molecule has 1 rings (SSSR count). The largest absolute Gasteiger partial charge is 0.394 e. The van der Waals surface area contributed by atoms with Crippen molar-refractivity contribution in [2.45, 2.75) is 6.55 Å². The molecule has 3 heteroatoms. The van der Waals surface area contributed by atoms with Gasteiger partial charge in [-0.15, -0.1) is 0 Å². The summed E-state index contributed by atoms with van der Waals surface area (Å²) in [6, 6.07) is 8.04. The average molecular weight is 208 g/mol. The summed E-state index contributed by atoms with van der Waals surface area (Å²) in [5.41, 5.74) is 1.09. The molecule has 0 amide bonds. The number of rotatable bonds is 4. The number of benzene rings is 1. The van der Waals surface area contributed by atoms with Crippen molar-refractivity contribution in [3.05, 3.63) is 36.4 Å². The Morgan fingerprint density at radius 2 is 1.79 bits per heavy atom. The minimum Gasteiger partial charge on any atom is -0.394 e. The molecule has 0 spiro atoms. The maximum absolute atomic E-state index is 5.48. The second-order valence-corrected chi connectivity index (χ2v) is 6.39. The minimum atomic E-state index is -2.21. The molecule has 0 aliphatic heterocycles. The first-order valence-electron chi connectivity index (χ1n) is 4.50. The lowest BCUT2D eigenvalue weighted by atomic mass is 10.2. The Morgan fingerprint density at radius 1 is 1.21 bits per heavy atom. The van der Waals surface area contributed by atoms with Crippen LogP contribution in [0.3, 0.4) is 0 Å². The van der Waals surface area contributed by atoms with E-state index in [-0.39, 0.29) is 0 Å². The van der Waals surface area contributed by atoms with Crippen LogP contribution in [-0.4, -0.2) is 22.8 Å². The van der Waals surface area contributed by atoms with E-state index in [0.29, 0.717) is 0 Å². The Bertz CT molecular complexity index is 319. The summed E-state index contributed by atoms with van der Waals surface area (Å²) in [7, 11) is 1.17. The summed E-state index contributed by atoms with van der Waals surface area (Å²) in [5, 5.41) is 1.13. The van der Waals surface area contributed by atoms with Gasteiger partial charge < -0.3 is 8.85 Å². The highest BCUT2D eigenvalue weighted by Gasteiger charge is 2.33. The van der Waals surface area contributed by atoms with Gasteiger partial charge in [-0.25, -0.2) is 0 Å². The van der Waals surface area contributed by atoms with Crippen LogP contribution < -0.4 is 5.19 Å². The monoisotopic (exact) mass is 208 g/mol. The Balaban J connectivity index is 3.22. The zero-order chi connectivity index (χ0) is 10.6. The van der Waals surface area contributed by atoms with Gasteiger partial charge in [0.15, 0.2) is 0 Å². The van der Waals surface area contributed by atoms with E-state index in [1.807, 2.05) is 36.9 Å². The van der Waals surface area contributed by atoms with Gasteiger partial charge in [-0.05, 0) is 12.1 Å². The van der Waals surface area contributed by atoms with Crippen LogP contribution in [0.4, 0.5) is 0 Å². The topological polar surface area (TPSA) is 18.5 Å². The smallest absolute Gasteiger partial charge is 0.369 e. The molecular formula is C11H16O2Si. The lowest BCUT2D eigenvalue weighted by molar-refractivity contribution is 0.265. The van der Waals surface area contributed by atoms with Crippen molar-refractivity contribution >= 4 is 19.8 Å². The van der Waals surface area contributed by atoms with E-state index in [0.717, 1.165) is 10.8 Å². The predicted molar refractivity (Wildman–Crippen MR) is 61.8 cm³/mol. The Morgan fingerprint density at radius 3 is 2.29 bits per heavy atom. The van der Waals surface area contributed by atoms with Gasteiger partial charge in [0.25, 0.3) is 0 Å². The summed E-state index contributed by atoms with van der Waals surface area (Å²) in [4.78, 5) is 0. The van der Waals surface area contributed by atoms with Crippen LogP contribution in [0.2, 0.25) is 6.55 Å². The van der Waals surface area contributed by atoms with Crippen molar-refractivity contribution in [1.29, 1.82) is 0 Å². The maximum Gasteiger partial charge on any atom is 0.369 e. The highest BCUT2D eigenvalue weighted by atomic mass is 28.4. The highest BCUT2D eigenvalue weighted by molar-refractivity contribution is 6.80. The normalized spacial score (nSPS) is 11.4. The molecule has 0 aromatic heterocycles. The molecule has 0 saturated carbocycles. The fourth-order valence-electron chi connectivity index (χ4n) is 1.39. The fraction of sp³-hybridized carbons (Fsp3) is 0.273. The summed E-state index contributed by atoms with van der Waals surface area (Å²) in [5.74, 6) is 0. The molecule has 1 aromatic carbocycles. The van der Waals surface area contributed by atoms with E-state index in [9.17, 15) is 0 Å². The zero-order valence-corrected chi connectivity index (χ0v) is 9.91. The van der Waals surface area contributed by atoms with Crippen LogP contribution >= 0.6 is 0 Å². The van der Waals surface area contributed by atoms with Crippen LogP contribution in [0.1, 0.15) is 5.56 Å². The van der Waals surface area contributed by atoms with Crippen molar-refractivity contribution in [2.75, 3.05) is 14.2 Å². The summed E-state index contributed by atoms with van der Waals surface area (Å²) in [6.45, 7) is 5.81. The molecule has 0 aliphatic rings. The van der Waals surface area contributed by atoms with Crippen molar-refractivity contribution in [3.63, 3.8) is 0 Å². The molecule has 0 bridgehead atoms. The predicted octanol–water partition coefficient (Wildman–Crippen LogP) is 1.90. The second-order valence-electron chi connectivity index (χ2n) is 3.15. The quantitative estimate of drug-likeness (QED) is 0.704. The van der Waals surface area contributed by atoms with Gasteiger partial charge >= 0.3 is 8.56 Å². The van der Waals surface area contributed by atoms with Crippen molar-refractivity contribution < 1.29 is 8.85 Å². The molecule has 0 radical (unpaired) electrons. The van der Waals surface area contributed by atoms with Crippen LogP contribution in [0, 0.1) is 0 Å². The molecule has 0 saturated heterocycles. The van der Waals surface area contributed by atoms with Crippen molar-refractivity contribution in [2.24, 2.45) is 0 Å². The van der Waals surface area contributed by atoms with E-state index in [1.165, 1.54) is 0 Å². The Hall–Kier alpha value is -0.903. The molecule has 1 aromatic rings. The van der Waals surface area contributed by atoms with Crippen LogP contribution in [-0.2, 0) is 8.85 Å². The lowest BCUT2D eigenvalue weighted by Crippen LogP contribution is -2.50. The molecule has 0 unspecified atom stereocenters. The van der Waals surface area contributed by atoms with Crippen LogP contribution in [0.15, 0.2) is 30.8 Å². The van der Waals surface area contributed by atoms with E-state index < -0.39 is 8.56 Å². The first kappa shape index (κ1) is 11.2. The Labute approximate surface area is 86.4 Å². The number of hydrogen-bond acceptors (Lipinski definition) is 2. The van der Waals surface area contributed by atoms with Gasteiger partial charge in [-0.1, -0.05) is 36.9 Å². The van der Waals surface area contributed by atoms with E-state index in [2.05, 4.69) is 6.58 Å². The van der Waals surface area contributed by atoms with E-state index in [4.69, 9.17) is 8.85 Å².